The van der Waals surface area contributed by atoms with Crippen molar-refractivity contribution < 1.29 is 0 Å². The molecule has 6 heavy (non-hydrogen) atoms. The van der Waals surface area contributed by atoms with E-state index >= 15 is 0 Å². The Hall–Kier alpha value is -0.160. The van der Waals surface area contributed by atoms with Gasteiger partial charge in [-0.2, -0.15) is 17.8 Å². The Balaban J connectivity index is 2.60. The number of unbranched alkanes of at least 4 members (excludes halogenated alkanes) is 1. The second-order valence-electron chi connectivity index (χ2n) is 0.966. The van der Waals surface area contributed by atoms with Gasteiger partial charge in [-0.3, -0.25) is 0 Å². The van der Waals surface area contributed by atoms with Gasteiger partial charge in [0.1, 0.15) is 1.12 Å². The highest BCUT2D eigenvalue weighted by atomic mass is 32.1. The van der Waals surface area contributed by atoms with E-state index in [0.717, 1.165) is 24.7 Å². The van der Waals surface area contributed by atoms with Crippen LogP contribution in [0, 0.1) is 11.3 Å². The van der Waals surface area contributed by atoms with Gasteiger partial charge in [-0.1, -0.05) is 0 Å². The lowest BCUT2D eigenvalue weighted by atomic mass is 10.4. The summed E-state index contributed by atoms with van der Waals surface area (Å²) in [5, 5.41) is 7.97. The molecule has 0 fully saturated rings. The van der Waals surface area contributed by atoms with Crippen molar-refractivity contribution in [3.63, 3.8) is 0 Å². The van der Waals surface area contributed by atoms with E-state index in [-0.39, 0.29) is 0 Å². The highest BCUT2D eigenvalue weighted by molar-refractivity contribution is 7.80. The summed E-state index contributed by atoms with van der Waals surface area (Å²) >= 11 is 1.04. The zero-order chi connectivity index (χ0) is 5.54. The third kappa shape index (κ3) is 3.84. The van der Waals surface area contributed by atoms with Gasteiger partial charge < -0.3 is 0 Å². The van der Waals surface area contributed by atoms with Crippen molar-refractivity contribution in [1.82, 2.24) is 0 Å². The number of hydrogen-bond donors (Lipinski definition) is 1. The lowest BCUT2D eigenvalue weighted by molar-refractivity contribution is 0.985. The molecule has 0 N–H and O–H groups in total. The first kappa shape index (κ1) is 4.01. The normalized spacial score (nSPS) is 9.50. The van der Waals surface area contributed by atoms with Gasteiger partial charge in [-0.25, -0.2) is 0 Å². The van der Waals surface area contributed by atoms with Gasteiger partial charge in [-0.15, -0.1) is 0 Å². The zero-order valence-electron chi connectivity index (χ0n) is 4.48. The average molecular weight is 103 g/mol. The first-order chi connectivity index (χ1) is 3.41. The van der Waals surface area contributed by atoms with Crippen LogP contribution in [0.2, 0.25) is 0 Å². The van der Waals surface area contributed by atoms with Gasteiger partial charge in [-0.05, 0) is 12.2 Å². The predicted molar refractivity (Wildman–Crippen MR) is 28.7 cm³/mol. The molecule has 0 aliphatic carbocycles. The van der Waals surface area contributed by atoms with Gasteiger partial charge in [0.05, 0.1) is 6.07 Å². The fraction of sp³-hybridized carbons (Fsp3) is 0.750. The molecule has 0 saturated carbocycles. The molecule has 0 radical (unpaired) electrons. The van der Waals surface area contributed by atoms with Crippen molar-refractivity contribution in [2.24, 2.45) is 0 Å². The van der Waals surface area contributed by atoms with E-state index in [4.69, 9.17) is 6.39 Å². The molecule has 0 aromatic heterocycles. The Kier molecular flexibility index (Phi) is 3.24. The SMILES string of the molecule is [3H]SCCCC#N. The highest BCUT2D eigenvalue weighted by Crippen LogP contribution is 1.86. The Labute approximate surface area is 44.5 Å². The molecule has 0 aliphatic rings. The minimum atomic E-state index is 0.589. The van der Waals surface area contributed by atoms with Crippen molar-refractivity contribution >= 4 is 12.5 Å². The topological polar surface area (TPSA) is 23.8 Å². The standard InChI is InChI=1S/C4H7NS/c5-3-1-2-4-6/h6H,1-2,4H2/i/hT. The first-order valence-electron chi connectivity index (χ1n) is 2.27. The summed E-state index contributed by atoms with van der Waals surface area (Å²) in [5.74, 6) is 0.785. The van der Waals surface area contributed by atoms with E-state index in [1.165, 1.54) is 0 Å². The quantitative estimate of drug-likeness (QED) is 0.421. The summed E-state index contributed by atoms with van der Waals surface area (Å²) in [6.07, 6.45) is 1.44. The number of hydrogen-bond acceptors (Lipinski definition) is 2. The van der Waals surface area contributed by atoms with Crippen LogP contribution in [-0.4, -0.2) is 6.88 Å². The van der Waals surface area contributed by atoms with Gasteiger partial charge in [0.25, 0.3) is 0 Å². The summed E-state index contributed by atoms with van der Waals surface area (Å²) in [4.78, 5) is 0. The molecule has 1 nitrogen and oxygen atoms in total. The largest absolute Gasteiger partial charge is 0.198 e. The number of thiol groups is 1. The molecule has 0 heterocycles. The van der Waals surface area contributed by atoms with E-state index < -0.39 is 0 Å². The summed E-state index contributed by atoms with van der Waals surface area (Å²) in [6, 6.07) is 2.01. The van der Waals surface area contributed by atoms with Crippen LogP contribution < -0.4 is 0 Å². The lowest BCUT2D eigenvalue weighted by Crippen LogP contribution is -1.68. The smallest absolute Gasteiger partial charge is 0.102 e. The third-order valence-corrected chi connectivity index (χ3v) is 0.722. The van der Waals surface area contributed by atoms with Crippen LogP contribution >= 0.6 is 12.5 Å². The zero-order valence-corrected chi connectivity index (χ0v) is 4.29. The van der Waals surface area contributed by atoms with Crippen LogP contribution in [0.3, 0.4) is 0 Å². The summed E-state index contributed by atoms with van der Waals surface area (Å²) in [7, 11) is 0. The predicted octanol–water partition coefficient (Wildman–Crippen LogP) is 1.22. The summed E-state index contributed by atoms with van der Waals surface area (Å²) in [5.41, 5.74) is 0. The number of rotatable bonds is 3. The number of nitrogens with zero attached hydrogens (tertiary/aromatic N) is 1. The van der Waals surface area contributed by atoms with Gasteiger partial charge >= 0.3 is 0 Å². The molecule has 0 spiro atoms. The van der Waals surface area contributed by atoms with E-state index in [1.54, 1.807) is 0 Å². The van der Waals surface area contributed by atoms with E-state index in [0.29, 0.717) is 6.42 Å². The Morgan fingerprint density at radius 3 is 3.33 bits per heavy atom. The average Bonchev–Trinajstić information content (AvgIpc) is 1.69. The van der Waals surface area contributed by atoms with Crippen LogP contribution in [0.4, 0.5) is 0 Å². The molecule has 0 amide bonds. The van der Waals surface area contributed by atoms with Crippen molar-refractivity contribution in [2.45, 2.75) is 12.8 Å². The molecule has 0 bridgehead atoms. The molecule has 0 saturated heterocycles. The molecule has 34 valence electrons. The van der Waals surface area contributed by atoms with E-state index in [2.05, 4.69) is 0 Å². The number of nitriles is 1. The molecule has 0 aromatic carbocycles. The van der Waals surface area contributed by atoms with E-state index in [9.17, 15) is 0 Å². The maximum absolute atomic E-state index is 7.97. The maximum Gasteiger partial charge on any atom is 0.102 e. The molecular weight excluding hydrogens is 94.1 g/mol. The van der Waals surface area contributed by atoms with Crippen LogP contribution in [0.5, 0.6) is 0 Å². The third-order valence-electron chi connectivity index (χ3n) is 0.433. The molecule has 0 unspecified atom stereocenters. The van der Waals surface area contributed by atoms with E-state index in [1.807, 2.05) is 6.07 Å². The van der Waals surface area contributed by atoms with Gasteiger partial charge in [0.2, 0.25) is 0 Å². The fourth-order valence-corrected chi connectivity index (χ4v) is 0.296. The molecule has 0 aromatic rings. The minimum absolute atomic E-state index is 0.589. The fourth-order valence-electron chi connectivity index (χ4n) is 0.151. The van der Waals surface area contributed by atoms with Crippen molar-refractivity contribution in [2.75, 3.05) is 5.75 Å². The Morgan fingerprint density at radius 2 is 2.83 bits per heavy atom. The highest BCUT2D eigenvalue weighted by Gasteiger charge is 1.74. The summed E-state index contributed by atoms with van der Waals surface area (Å²) < 4.78 is 6.59. The van der Waals surface area contributed by atoms with Crippen LogP contribution in [0.25, 0.3) is 0 Å². The monoisotopic (exact) mass is 103 g/mol. The lowest BCUT2D eigenvalue weighted by Gasteiger charge is -1.76. The molecule has 0 atom stereocenters. The van der Waals surface area contributed by atoms with Crippen molar-refractivity contribution in [3.8, 4) is 6.07 Å². The summed E-state index contributed by atoms with van der Waals surface area (Å²) in [6.45, 7) is 0. The van der Waals surface area contributed by atoms with Crippen LogP contribution in [-0.2, 0) is 0 Å². The second kappa shape index (κ2) is 4.84. The van der Waals surface area contributed by atoms with Crippen LogP contribution in [0.1, 0.15) is 12.8 Å². The first-order valence-corrected chi connectivity index (χ1v) is 2.44. The molecule has 2 heteroatoms. The molecule has 0 rings (SSSR count). The van der Waals surface area contributed by atoms with Crippen molar-refractivity contribution in [1.29, 1.82) is 6.39 Å². The Morgan fingerprint density at radius 1 is 2.00 bits per heavy atom. The van der Waals surface area contributed by atoms with Gasteiger partial charge in [0.15, 0.2) is 0 Å². The van der Waals surface area contributed by atoms with Crippen LogP contribution in [0.15, 0.2) is 0 Å². The molecular formula is C4H7NS. The second-order valence-corrected chi connectivity index (χ2v) is 1.37. The molecule has 0 aliphatic heterocycles. The minimum Gasteiger partial charge on any atom is -0.198 e. The van der Waals surface area contributed by atoms with Crippen molar-refractivity contribution in [3.05, 3.63) is 0 Å². The maximum atomic E-state index is 7.97. The Bertz CT molecular complexity index is 68.6. The van der Waals surface area contributed by atoms with Gasteiger partial charge in [0, 0.05) is 6.42 Å².